The zero-order valence-corrected chi connectivity index (χ0v) is 13.2. The topological polar surface area (TPSA) is 45.5 Å². The second kappa shape index (κ2) is 5.92. The van der Waals surface area contributed by atoms with E-state index >= 15 is 0 Å². The first-order valence-corrected chi connectivity index (χ1v) is 7.97. The van der Waals surface area contributed by atoms with Gasteiger partial charge in [0.15, 0.2) is 11.5 Å². The highest BCUT2D eigenvalue weighted by molar-refractivity contribution is 5.66. The Bertz CT molecular complexity index is 598. The van der Waals surface area contributed by atoms with Gasteiger partial charge in [-0.1, -0.05) is 13.3 Å². The van der Waals surface area contributed by atoms with Crippen LogP contribution in [-0.4, -0.2) is 34.5 Å². The van der Waals surface area contributed by atoms with Crippen molar-refractivity contribution in [1.82, 2.24) is 14.4 Å². The standard InChI is InChI=1S/C16H25N5/c1-4-12-5-7-13(8-6-12)20(3)16-15-18-9-10-21(15)11-14(17-2)19-16/h9-13,17H,4-8H2,1-3H3. The van der Waals surface area contributed by atoms with Gasteiger partial charge in [-0.15, -0.1) is 0 Å². The Balaban J connectivity index is 1.87. The Morgan fingerprint density at radius 3 is 2.76 bits per heavy atom. The van der Waals surface area contributed by atoms with Crippen LogP contribution in [0.3, 0.4) is 0 Å². The van der Waals surface area contributed by atoms with Crippen LogP contribution < -0.4 is 10.2 Å². The molecular weight excluding hydrogens is 262 g/mol. The Morgan fingerprint density at radius 1 is 1.33 bits per heavy atom. The molecule has 0 aromatic carbocycles. The molecule has 0 radical (unpaired) electrons. The predicted octanol–water partition coefficient (Wildman–Crippen LogP) is 3.18. The number of fused-ring (bicyclic) bond motifs is 1. The molecule has 2 heterocycles. The fourth-order valence-electron chi connectivity index (χ4n) is 3.39. The van der Waals surface area contributed by atoms with Crippen molar-refractivity contribution < 1.29 is 0 Å². The Labute approximate surface area is 126 Å². The Morgan fingerprint density at radius 2 is 2.10 bits per heavy atom. The largest absolute Gasteiger partial charge is 0.372 e. The van der Waals surface area contributed by atoms with Gasteiger partial charge >= 0.3 is 0 Å². The molecule has 0 aliphatic heterocycles. The maximum absolute atomic E-state index is 4.74. The summed E-state index contributed by atoms with van der Waals surface area (Å²) in [6.45, 7) is 2.31. The first-order chi connectivity index (χ1) is 10.2. The summed E-state index contributed by atoms with van der Waals surface area (Å²) in [4.78, 5) is 11.5. The van der Waals surface area contributed by atoms with Gasteiger partial charge < -0.3 is 14.6 Å². The Kier molecular flexibility index (Phi) is 3.99. The lowest BCUT2D eigenvalue weighted by molar-refractivity contribution is 0.313. The number of hydrogen-bond donors (Lipinski definition) is 1. The van der Waals surface area contributed by atoms with Gasteiger partial charge in [-0.3, -0.25) is 0 Å². The molecule has 2 aromatic heterocycles. The smallest absolute Gasteiger partial charge is 0.180 e. The van der Waals surface area contributed by atoms with Crippen LogP contribution in [0.2, 0.25) is 0 Å². The van der Waals surface area contributed by atoms with Crippen LogP contribution in [0.15, 0.2) is 18.6 Å². The summed E-state index contributed by atoms with van der Waals surface area (Å²) >= 11 is 0. The third kappa shape index (κ3) is 2.69. The fraction of sp³-hybridized carbons (Fsp3) is 0.625. The molecular formula is C16H25N5. The van der Waals surface area contributed by atoms with Crippen molar-refractivity contribution in [3.63, 3.8) is 0 Å². The van der Waals surface area contributed by atoms with E-state index in [2.05, 4.69) is 29.2 Å². The van der Waals surface area contributed by atoms with E-state index in [1.54, 1.807) is 0 Å². The van der Waals surface area contributed by atoms with E-state index in [1.807, 2.05) is 30.0 Å². The molecule has 0 spiro atoms. The van der Waals surface area contributed by atoms with Gasteiger partial charge in [0.2, 0.25) is 0 Å². The van der Waals surface area contributed by atoms with Crippen molar-refractivity contribution in [1.29, 1.82) is 0 Å². The second-order valence-electron chi connectivity index (χ2n) is 6.05. The van der Waals surface area contributed by atoms with Gasteiger partial charge in [0.1, 0.15) is 5.82 Å². The quantitative estimate of drug-likeness (QED) is 0.938. The number of aromatic nitrogens is 3. The van der Waals surface area contributed by atoms with Gasteiger partial charge in [0, 0.05) is 32.5 Å². The van der Waals surface area contributed by atoms with Crippen molar-refractivity contribution in [2.75, 3.05) is 24.3 Å². The van der Waals surface area contributed by atoms with E-state index in [4.69, 9.17) is 4.98 Å². The second-order valence-corrected chi connectivity index (χ2v) is 6.05. The number of imidazole rings is 1. The summed E-state index contributed by atoms with van der Waals surface area (Å²) in [6, 6.07) is 0.577. The molecule has 1 N–H and O–H groups in total. The maximum atomic E-state index is 4.74. The van der Waals surface area contributed by atoms with Gasteiger partial charge in [0.25, 0.3) is 0 Å². The fourth-order valence-corrected chi connectivity index (χ4v) is 3.39. The molecule has 5 nitrogen and oxygen atoms in total. The van der Waals surface area contributed by atoms with Gasteiger partial charge in [-0.25, -0.2) is 9.97 Å². The number of anilines is 2. The summed E-state index contributed by atoms with van der Waals surface area (Å²) in [5, 5.41) is 3.14. The lowest BCUT2D eigenvalue weighted by atomic mass is 9.84. The van der Waals surface area contributed by atoms with Crippen LogP contribution >= 0.6 is 0 Å². The van der Waals surface area contributed by atoms with Crippen molar-refractivity contribution in [3.8, 4) is 0 Å². The molecule has 0 atom stereocenters. The maximum Gasteiger partial charge on any atom is 0.180 e. The van der Waals surface area contributed by atoms with Crippen LogP contribution in [0.4, 0.5) is 11.6 Å². The van der Waals surface area contributed by atoms with Crippen molar-refractivity contribution >= 4 is 17.3 Å². The molecule has 1 saturated carbocycles. The minimum Gasteiger partial charge on any atom is -0.372 e. The number of nitrogens with one attached hydrogen (secondary N) is 1. The van der Waals surface area contributed by atoms with Crippen molar-refractivity contribution in [2.24, 2.45) is 5.92 Å². The summed E-state index contributed by atoms with van der Waals surface area (Å²) in [7, 11) is 4.06. The van der Waals surface area contributed by atoms with Gasteiger partial charge in [-0.05, 0) is 31.6 Å². The van der Waals surface area contributed by atoms with E-state index in [0.29, 0.717) is 6.04 Å². The molecule has 1 fully saturated rings. The SMILES string of the molecule is CCC1CCC(N(C)c2nc(NC)cn3ccnc23)CC1. The van der Waals surface area contributed by atoms with Crippen LogP contribution in [0.5, 0.6) is 0 Å². The van der Waals surface area contributed by atoms with Crippen LogP contribution in [0.1, 0.15) is 39.0 Å². The number of rotatable bonds is 4. The molecule has 21 heavy (non-hydrogen) atoms. The van der Waals surface area contributed by atoms with Gasteiger partial charge in [-0.2, -0.15) is 0 Å². The lowest BCUT2D eigenvalue weighted by Gasteiger charge is -2.35. The number of nitrogens with zero attached hydrogens (tertiary/aromatic N) is 4. The third-order valence-corrected chi connectivity index (χ3v) is 4.89. The molecule has 0 saturated heterocycles. The Hall–Kier alpha value is -1.78. The highest BCUT2D eigenvalue weighted by Crippen LogP contribution is 2.32. The third-order valence-electron chi connectivity index (χ3n) is 4.89. The first kappa shape index (κ1) is 14.2. The highest BCUT2D eigenvalue weighted by atomic mass is 15.2. The molecule has 0 unspecified atom stereocenters. The average molecular weight is 287 g/mol. The van der Waals surface area contributed by atoms with E-state index in [9.17, 15) is 0 Å². The van der Waals surface area contributed by atoms with Crippen LogP contribution in [0, 0.1) is 5.92 Å². The van der Waals surface area contributed by atoms with Gasteiger partial charge in [0.05, 0.1) is 6.20 Å². The molecule has 114 valence electrons. The lowest BCUT2D eigenvalue weighted by Crippen LogP contribution is -2.36. The summed E-state index contributed by atoms with van der Waals surface area (Å²) < 4.78 is 2.04. The van der Waals surface area contributed by atoms with Crippen molar-refractivity contribution in [3.05, 3.63) is 18.6 Å². The average Bonchev–Trinajstić information content (AvgIpc) is 3.01. The summed E-state index contributed by atoms with van der Waals surface area (Å²) in [5.74, 6) is 2.77. The first-order valence-electron chi connectivity index (χ1n) is 7.97. The zero-order valence-electron chi connectivity index (χ0n) is 13.2. The summed E-state index contributed by atoms with van der Waals surface area (Å²) in [6.07, 6.45) is 12.3. The van der Waals surface area contributed by atoms with Crippen LogP contribution in [-0.2, 0) is 0 Å². The van der Waals surface area contributed by atoms with Crippen LogP contribution in [0.25, 0.3) is 5.65 Å². The predicted molar refractivity (Wildman–Crippen MR) is 87.0 cm³/mol. The molecule has 1 aliphatic carbocycles. The molecule has 1 aliphatic rings. The normalized spacial score (nSPS) is 22.4. The monoisotopic (exact) mass is 287 g/mol. The molecule has 2 aromatic rings. The van der Waals surface area contributed by atoms with E-state index in [-0.39, 0.29) is 0 Å². The highest BCUT2D eigenvalue weighted by Gasteiger charge is 2.25. The summed E-state index contributed by atoms with van der Waals surface area (Å²) in [5.41, 5.74) is 0.939. The van der Waals surface area contributed by atoms with E-state index < -0.39 is 0 Å². The van der Waals surface area contributed by atoms with E-state index in [1.165, 1.54) is 32.1 Å². The van der Waals surface area contributed by atoms with Crippen molar-refractivity contribution in [2.45, 2.75) is 45.1 Å². The molecule has 5 heteroatoms. The number of hydrogen-bond acceptors (Lipinski definition) is 4. The molecule has 0 amide bonds. The minimum atomic E-state index is 0.577. The zero-order chi connectivity index (χ0) is 14.8. The molecule has 3 rings (SSSR count). The van der Waals surface area contributed by atoms with E-state index in [0.717, 1.165) is 23.2 Å². The minimum absolute atomic E-state index is 0.577. The molecule has 0 bridgehead atoms.